The molecule has 0 radical (unpaired) electrons. The van der Waals surface area contributed by atoms with Gasteiger partial charge in [-0.05, 0) is 36.6 Å². The van der Waals surface area contributed by atoms with E-state index in [-0.39, 0.29) is 23.4 Å². The summed E-state index contributed by atoms with van der Waals surface area (Å²) in [6.45, 7) is 0.456. The summed E-state index contributed by atoms with van der Waals surface area (Å²) in [5.74, 6) is 0. The summed E-state index contributed by atoms with van der Waals surface area (Å²) in [6.07, 6.45) is -0.929. The lowest BCUT2D eigenvalue weighted by Crippen LogP contribution is -2.38. The van der Waals surface area contributed by atoms with Crippen molar-refractivity contribution in [3.05, 3.63) is 65.2 Å². The van der Waals surface area contributed by atoms with E-state index >= 15 is 0 Å². The van der Waals surface area contributed by atoms with Gasteiger partial charge >= 0.3 is 6.18 Å². The molecule has 0 amide bonds. The third-order valence-electron chi connectivity index (χ3n) is 4.82. The summed E-state index contributed by atoms with van der Waals surface area (Å²) in [5, 5.41) is 12.4. The fraction of sp³-hybridized carbons (Fsp3) is 0.381. The van der Waals surface area contributed by atoms with E-state index in [1.807, 2.05) is 36.4 Å². The fourth-order valence-electron chi connectivity index (χ4n) is 3.38. The second-order valence-electron chi connectivity index (χ2n) is 6.74. The van der Waals surface area contributed by atoms with Crippen molar-refractivity contribution < 1.29 is 17.9 Å². The van der Waals surface area contributed by atoms with E-state index < -0.39 is 11.7 Å². The molecule has 2 aromatic carbocycles. The number of nitrogens with one attached hydrogen (secondary N) is 1. The summed E-state index contributed by atoms with van der Waals surface area (Å²) < 4.78 is 45.2. The van der Waals surface area contributed by atoms with E-state index in [1.54, 1.807) is 0 Å². The molecule has 0 heterocycles. The predicted octanol–water partition coefficient (Wildman–Crippen LogP) is 5.52. The Balaban J connectivity index is 1.75. The molecule has 0 aromatic heterocycles. The number of hydrogen-bond acceptors (Lipinski definition) is 3. The van der Waals surface area contributed by atoms with Crippen molar-refractivity contribution in [2.24, 2.45) is 0 Å². The van der Waals surface area contributed by atoms with Gasteiger partial charge < -0.3 is 10.1 Å². The first-order valence-corrected chi connectivity index (χ1v) is 9.01. The number of halogens is 3. The largest absolute Gasteiger partial charge is 0.416 e. The van der Waals surface area contributed by atoms with E-state index in [0.717, 1.165) is 43.4 Å². The second kappa shape index (κ2) is 8.45. The molecular formula is C21H21F3N2O. The van der Waals surface area contributed by atoms with Crippen molar-refractivity contribution in [2.75, 3.05) is 5.32 Å². The number of hydrogen-bond donors (Lipinski definition) is 1. The third kappa shape index (κ3) is 5.01. The number of nitriles is 1. The normalized spacial score (nSPS) is 20.1. The smallest absolute Gasteiger partial charge is 0.379 e. The van der Waals surface area contributed by atoms with Crippen LogP contribution in [0.15, 0.2) is 48.5 Å². The van der Waals surface area contributed by atoms with Crippen LogP contribution in [0.4, 0.5) is 18.9 Å². The molecule has 0 unspecified atom stereocenters. The van der Waals surface area contributed by atoms with Gasteiger partial charge in [-0.1, -0.05) is 43.2 Å². The molecule has 2 atom stereocenters. The zero-order chi connectivity index (χ0) is 19.3. The SMILES string of the molecule is N#Cc1ccc(C(F)(F)F)cc1N[C@H]1CCCC[C@@H]1OCc1ccccc1. The van der Waals surface area contributed by atoms with E-state index in [2.05, 4.69) is 5.32 Å². The monoisotopic (exact) mass is 374 g/mol. The van der Waals surface area contributed by atoms with Crippen molar-refractivity contribution in [3.8, 4) is 6.07 Å². The van der Waals surface area contributed by atoms with Crippen molar-refractivity contribution in [1.29, 1.82) is 5.26 Å². The number of benzene rings is 2. The molecular weight excluding hydrogens is 353 g/mol. The molecule has 0 spiro atoms. The topological polar surface area (TPSA) is 45.0 Å². The number of nitrogens with zero attached hydrogens (tertiary/aromatic N) is 1. The van der Waals surface area contributed by atoms with Gasteiger partial charge in [-0.25, -0.2) is 0 Å². The van der Waals surface area contributed by atoms with E-state index in [1.165, 1.54) is 6.07 Å². The Kier molecular flexibility index (Phi) is 6.02. The zero-order valence-corrected chi connectivity index (χ0v) is 14.8. The molecule has 1 aliphatic rings. The molecule has 0 aliphatic heterocycles. The maximum absolute atomic E-state index is 13.0. The average molecular weight is 374 g/mol. The Morgan fingerprint density at radius 2 is 1.81 bits per heavy atom. The maximum Gasteiger partial charge on any atom is 0.416 e. The van der Waals surface area contributed by atoms with Crippen molar-refractivity contribution >= 4 is 5.69 Å². The molecule has 6 heteroatoms. The third-order valence-corrected chi connectivity index (χ3v) is 4.82. The van der Waals surface area contributed by atoms with Gasteiger partial charge in [0.15, 0.2) is 0 Å². The van der Waals surface area contributed by atoms with E-state index in [0.29, 0.717) is 6.61 Å². The Labute approximate surface area is 156 Å². The first-order chi connectivity index (χ1) is 13.0. The van der Waals surface area contributed by atoms with Crippen LogP contribution in [0, 0.1) is 11.3 Å². The summed E-state index contributed by atoms with van der Waals surface area (Å²) in [7, 11) is 0. The van der Waals surface area contributed by atoms with Crippen LogP contribution in [0.5, 0.6) is 0 Å². The Bertz CT molecular complexity index is 799. The minimum Gasteiger partial charge on any atom is -0.379 e. The number of alkyl halides is 3. The molecule has 1 N–H and O–H groups in total. The lowest BCUT2D eigenvalue weighted by Gasteiger charge is -2.33. The van der Waals surface area contributed by atoms with Crippen molar-refractivity contribution in [2.45, 2.75) is 50.6 Å². The fourth-order valence-corrected chi connectivity index (χ4v) is 3.38. The molecule has 142 valence electrons. The maximum atomic E-state index is 13.0. The summed E-state index contributed by atoms with van der Waals surface area (Å²) in [6, 6.07) is 14.8. The quantitative estimate of drug-likeness (QED) is 0.750. The Morgan fingerprint density at radius 1 is 1.07 bits per heavy atom. The summed E-state index contributed by atoms with van der Waals surface area (Å²) in [4.78, 5) is 0. The van der Waals surface area contributed by atoms with E-state index in [9.17, 15) is 18.4 Å². The second-order valence-corrected chi connectivity index (χ2v) is 6.74. The molecule has 3 rings (SSSR count). The van der Waals surface area contributed by atoms with Gasteiger partial charge in [0.25, 0.3) is 0 Å². The molecule has 1 fully saturated rings. The van der Waals surface area contributed by atoms with Gasteiger partial charge in [-0.3, -0.25) is 0 Å². The Hall–Kier alpha value is -2.52. The van der Waals surface area contributed by atoms with Crippen LogP contribution in [0.25, 0.3) is 0 Å². The van der Waals surface area contributed by atoms with Gasteiger partial charge in [0.05, 0.1) is 35.6 Å². The van der Waals surface area contributed by atoms with Crippen LogP contribution in [-0.4, -0.2) is 12.1 Å². The molecule has 0 saturated heterocycles. The van der Waals surface area contributed by atoms with Gasteiger partial charge in [-0.15, -0.1) is 0 Å². The number of anilines is 1. The predicted molar refractivity (Wildman–Crippen MR) is 97.1 cm³/mol. The van der Waals surface area contributed by atoms with Gasteiger partial charge in [0, 0.05) is 0 Å². The highest BCUT2D eigenvalue weighted by Crippen LogP contribution is 2.33. The van der Waals surface area contributed by atoms with Crippen molar-refractivity contribution in [3.63, 3.8) is 0 Å². The van der Waals surface area contributed by atoms with E-state index in [4.69, 9.17) is 4.74 Å². The lowest BCUT2D eigenvalue weighted by atomic mass is 9.91. The zero-order valence-electron chi connectivity index (χ0n) is 14.8. The first kappa shape index (κ1) is 19.2. The van der Waals surface area contributed by atoms with Crippen LogP contribution >= 0.6 is 0 Å². The van der Waals surface area contributed by atoms with Crippen LogP contribution in [0.2, 0.25) is 0 Å². The summed E-state index contributed by atoms with van der Waals surface area (Å²) in [5.41, 5.74) is 0.711. The first-order valence-electron chi connectivity index (χ1n) is 9.01. The molecule has 3 nitrogen and oxygen atoms in total. The highest BCUT2D eigenvalue weighted by atomic mass is 19.4. The molecule has 0 bridgehead atoms. The Morgan fingerprint density at radius 3 is 2.52 bits per heavy atom. The van der Waals surface area contributed by atoms with Crippen LogP contribution < -0.4 is 5.32 Å². The molecule has 1 saturated carbocycles. The lowest BCUT2D eigenvalue weighted by molar-refractivity contribution is -0.137. The van der Waals surface area contributed by atoms with Gasteiger partial charge in [-0.2, -0.15) is 18.4 Å². The van der Waals surface area contributed by atoms with Gasteiger partial charge in [0.2, 0.25) is 0 Å². The highest BCUT2D eigenvalue weighted by molar-refractivity contribution is 5.60. The molecule has 2 aromatic rings. The summed E-state index contributed by atoms with van der Waals surface area (Å²) >= 11 is 0. The average Bonchev–Trinajstić information content (AvgIpc) is 2.67. The number of rotatable bonds is 5. The van der Waals surface area contributed by atoms with Gasteiger partial charge in [0.1, 0.15) is 6.07 Å². The highest BCUT2D eigenvalue weighted by Gasteiger charge is 2.32. The minimum absolute atomic E-state index is 0.111. The van der Waals surface area contributed by atoms with Crippen LogP contribution in [-0.2, 0) is 17.5 Å². The molecule has 1 aliphatic carbocycles. The van der Waals surface area contributed by atoms with Crippen molar-refractivity contribution in [1.82, 2.24) is 0 Å². The van der Waals surface area contributed by atoms with Crippen LogP contribution in [0.1, 0.15) is 42.4 Å². The van der Waals surface area contributed by atoms with Crippen LogP contribution in [0.3, 0.4) is 0 Å². The molecule has 27 heavy (non-hydrogen) atoms. The minimum atomic E-state index is -4.44. The number of ether oxygens (including phenoxy) is 1. The standard InChI is InChI=1S/C21H21F3N2O/c22-21(23,24)17-11-10-16(13-25)19(12-17)26-18-8-4-5-9-20(18)27-14-15-6-2-1-3-7-15/h1-3,6-7,10-12,18,20,26H,4-5,8-9,14H2/t18-,20-/m0/s1.